The minimum Gasteiger partial charge on any atom is -0.455 e. The first-order valence-corrected chi connectivity index (χ1v) is 19.3. The van der Waals surface area contributed by atoms with Crippen molar-refractivity contribution in [3.8, 4) is 0 Å². The predicted octanol–water partition coefficient (Wildman–Crippen LogP) is 4.28. The van der Waals surface area contributed by atoms with Gasteiger partial charge >= 0.3 is 5.97 Å². The second-order valence-electron chi connectivity index (χ2n) is 13.9. The van der Waals surface area contributed by atoms with Crippen LogP contribution < -0.4 is 15.1 Å². The molecule has 53 heavy (non-hydrogen) atoms. The second-order valence-corrected chi connectivity index (χ2v) is 14.8. The lowest BCUT2D eigenvalue weighted by molar-refractivity contribution is -0.162. The first kappa shape index (κ1) is 38.7. The van der Waals surface area contributed by atoms with Crippen molar-refractivity contribution < 1.29 is 38.5 Å². The molecule has 2 aromatic carbocycles. The number of carbonyl (C=O) groups excluding carboxylic acids is 4. The molecule has 5 bridgehead atoms. The molecule has 4 aliphatic rings. The Balaban J connectivity index is 1.48. The summed E-state index contributed by atoms with van der Waals surface area (Å²) >= 11 is 3.62. The molecule has 3 amide bonds. The molecular formula is C40H49BrN4O8. The van der Waals surface area contributed by atoms with Gasteiger partial charge in [0.2, 0.25) is 11.8 Å². The molecule has 1 spiro atoms. The van der Waals surface area contributed by atoms with E-state index in [1.54, 1.807) is 23.1 Å². The van der Waals surface area contributed by atoms with Crippen LogP contribution in [0, 0.1) is 11.8 Å². The molecule has 12 nitrogen and oxygen atoms in total. The Kier molecular flexibility index (Phi) is 12.1. The van der Waals surface area contributed by atoms with Gasteiger partial charge in [0.05, 0.1) is 31.2 Å². The van der Waals surface area contributed by atoms with Gasteiger partial charge in [0.15, 0.2) is 0 Å². The fourth-order valence-corrected chi connectivity index (χ4v) is 9.06. The molecule has 2 fully saturated rings. The van der Waals surface area contributed by atoms with Crippen LogP contribution in [0.5, 0.6) is 0 Å². The van der Waals surface area contributed by atoms with Crippen LogP contribution in [0.3, 0.4) is 0 Å². The summed E-state index contributed by atoms with van der Waals surface area (Å²) in [6.07, 6.45) is 4.50. The summed E-state index contributed by atoms with van der Waals surface area (Å²) in [5, 5.41) is 13.6. The monoisotopic (exact) mass is 792 g/mol. The highest BCUT2D eigenvalue weighted by Crippen LogP contribution is 2.59. The fourth-order valence-electron chi connectivity index (χ4n) is 8.32. The molecule has 0 aliphatic carbocycles. The van der Waals surface area contributed by atoms with E-state index in [0.717, 1.165) is 18.8 Å². The van der Waals surface area contributed by atoms with Crippen molar-refractivity contribution in [2.45, 2.75) is 76.0 Å². The van der Waals surface area contributed by atoms with Crippen LogP contribution in [0.15, 0.2) is 77.3 Å². The van der Waals surface area contributed by atoms with Gasteiger partial charge in [0, 0.05) is 49.0 Å². The van der Waals surface area contributed by atoms with Gasteiger partial charge in [-0.2, -0.15) is 0 Å². The van der Waals surface area contributed by atoms with Crippen LogP contribution >= 0.6 is 15.9 Å². The Hall–Kier alpha value is -4.04. The molecule has 4 heterocycles. The highest BCUT2D eigenvalue weighted by molar-refractivity contribution is 9.11. The van der Waals surface area contributed by atoms with Gasteiger partial charge in [-0.3, -0.25) is 19.2 Å². The normalized spacial score (nSPS) is 30.1. The topological polar surface area (TPSA) is 138 Å². The quantitative estimate of drug-likeness (QED) is 0.267. The number of esters is 1. The Morgan fingerprint density at radius 1 is 1.00 bits per heavy atom. The van der Waals surface area contributed by atoms with Crippen molar-refractivity contribution in [3.05, 3.63) is 82.9 Å². The first-order chi connectivity index (χ1) is 25.6. The van der Waals surface area contributed by atoms with Gasteiger partial charge in [-0.25, -0.2) is 0 Å². The molecule has 13 heteroatoms. The summed E-state index contributed by atoms with van der Waals surface area (Å²) < 4.78 is 19.1. The van der Waals surface area contributed by atoms with E-state index in [2.05, 4.69) is 40.0 Å². The third kappa shape index (κ3) is 7.16. The lowest BCUT2D eigenvalue weighted by Gasteiger charge is -2.38. The molecular weight excluding hydrogens is 744 g/mol. The van der Waals surface area contributed by atoms with Crippen molar-refractivity contribution in [1.82, 2.24) is 10.2 Å². The number of rotatable bonds is 10. The Labute approximate surface area is 319 Å². The van der Waals surface area contributed by atoms with Gasteiger partial charge in [0.25, 0.3) is 5.91 Å². The number of benzene rings is 2. The maximum atomic E-state index is 15.2. The van der Waals surface area contributed by atoms with E-state index < -0.39 is 65.6 Å². The maximum absolute atomic E-state index is 15.2. The van der Waals surface area contributed by atoms with Crippen LogP contribution in [0.4, 0.5) is 11.4 Å². The van der Waals surface area contributed by atoms with Gasteiger partial charge < -0.3 is 39.3 Å². The van der Waals surface area contributed by atoms with Gasteiger partial charge in [-0.15, -0.1) is 0 Å². The number of carbonyl (C=O) groups is 4. The summed E-state index contributed by atoms with van der Waals surface area (Å²) in [5.74, 6) is -4.07. The van der Waals surface area contributed by atoms with Crippen LogP contribution in [0.25, 0.3) is 0 Å². The number of hydrogen-bond donors (Lipinski definition) is 2. The Bertz CT molecular complexity index is 1710. The number of likely N-dealkylation sites (tertiary alicyclic amines) is 1. The van der Waals surface area contributed by atoms with Crippen molar-refractivity contribution >= 4 is 51.0 Å². The van der Waals surface area contributed by atoms with E-state index in [-0.39, 0.29) is 32.1 Å². The lowest BCUT2D eigenvalue weighted by atomic mass is 9.74. The van der Waals surface area contributed by atoms with Crippen LogP contribution in [-0.4, -0.2) is 103 Å². The largest absolute Gasteiger partial charge is 0.455 e. The molecule has 284 valence electrons. The van der Waals surface area contributed by atoms with E-state index >= 15 is 4.79 Å². The number of methoxy groups -OCH3 is 1. The van der Waals surface area contributed by atoms with Crippen molar-refractivity contribution in [3.63, 3.8) is 0 Å². The number of cyclic esters (lactones) is 1. The maximum Gasteiger partial charge on any atom is 0.313 e. The molecule has 0 unspecified atom stereocenters. The number of aliphatic hydroxyl groups excluding tert-OH is 1. The third-order valence-corrected chi connectivity index (χ3v) is 11.6. The van der Waals surface area contributed by atoms with Crippen LogP contribution in [0.2, 0.25) is 0 Å². The molecule has 2 N–H and O–H groups in total. The summed E-state index contributed by atoms with van der Waals surface area (Å²) in [5.41, 5.74) is 0.724. The summed E-state index contributed by atoms with van der Waals surface area (Å²) in [6.45, 7) is 7.45. The molecule has 8 atom stereocenters. The highest BCUT2D eigenvalue weighted by atomic mass is 79.9. The number of nitrogens with zero attached hydrogens (tertiary/aromatic N) is 3. The molecule has 2 aromatic rings. The molecule has 0 radical (unpaired) electrons. The summed E-state index contributed by atoms with van der Waals surface area (Å²) in [6, 6.07) is 14.1. The number of amides is 3. The Morgan fingerprint density at radius 2 is 1.72 bits per heavy atom. The van der Waals surface area contributed by atoms with E-state index in [0.29, 0.717) is 28.6 Å². The summed E-state index contributed by atoms with van der Waals surface area (Å²) in [4.78, 5) is 63.2. The van der Waals surface area contributed by atoms with E-state index in [4.69, 9.17) is 14.2 Å². The van der Waals surface area contributed by atoms with E-state index in [1.807, 2.05) is 61.5 Å². The number of fused-ring (bicyclic) bond motifs is 2. The van der Waals surface area contributed by atoms with E-state index in [1.165, 1.54) is 12.0 Å². The zero-order valence-corrected chi connectivity index (χ0v) is 32.2. The average molecular weight is 794 g/mol. The minimum absolute atomic E-state index is 0.0516. The van der Waals surface area contributed by atoms with Gasteiger partial charge in [0.1, 0.15) is 29.8 Å². The summed E-state index contributed by atoms with van der Waals surface area (Å²) in [7, 11) is 1.51. The zero-order chi connectivity index (χ0) is 37.9. The number of aliphatic hydroxyl groups is 1. The van der Waals surface area contributed by atoms with Crippen molar-refractivity contribution in [2.75, 3.05) is 49.8 Å². The number of ether oxygens (including phenoxy) is 3. The molecule has 2 saturated heterocycles. The molecule has 0 saturated carbocycles. The van der Waals surface area contributed by atoms with Crippen molar-refractivity contribution in [1.29, 1.82) is 0 Å². The lowest BCUT2D eigenvalue weighted by Crippen LogP contribution is -2.58. The van der Waals surface area contributed by atoms with Crippen LogP contribution in [-0.2, 0) is 33.4 Å². The van der Waals surface area contributed by atoms with Crippen LogP contribution in [0.1, 0.15) is 51.7 Å². The fraction of sp³-hybridized carbons (Fsp3) is 0.500. The molecule has 6 rings (SSSR count). The SMILES string of the molecule is CC[C@@H](CO)N1C(=O)[C@H]2[C@@H]3C(=O)O[C@H](c4ccccc4)[C@@H](COC)NC(=O)CC/C=C\CN(c4ccc(N(CC)CC)cc4)C(=O)[C@H]1[C@@]21C=C(Br)[C@@H]3O1. The number of halogens is 1. The average Bonchev–Trinajstić information content (AvgIpc) is 3.76. The van der Waals surface area contributed by atoms with Gasteiger partial charge in [-0.05, 0) is 62.6 Å². The van der Waals surface area contributed by atoms with Gasteiger partial charge in [-0.1, -0.05) is 65.3 Å². The number of nitrogens with one attached hydrogen (secondary N) is 1. The van der Waals surface area contributed by atoms with E-state index in [9.17, 15) is 19.5 Å². The zero-order valence-electron chi connectivity index (χ0n) is 30.7. The Morgan fingerprint density at radius 3 is 2.36 bits per heavy atom. The second kappa shape index (κ2) is 16.5. The first-order valence-electron chi connectivity index (χ1n) is 18.5. The number of hydrogen-bond acceptors (Lipinski definition) is 9. The molecule has 4 aliphatic heterocycles. The predicted molar refractivity (Wildman–Crippen MR) is 203 cm³/mol. The standard InChI is InChI=1S/C40H49BrN4O8/c1-5-26(23-46)45-36-38(49)44(28-19-17-27(18-20-28)43(6-2)7-3)21-13-9-12-16-31(47)42-30(24-51-4)34(25-14-10-8-11-15-25)52-39(50)32-33(37(45)48)40(36)22-29(41)35(32)53-40/h8-11,13-15,17-20,22,26,30,32-36,46H,5-7,12,16,21,23-24H2,1-4H3,(H,42,47)/b13-9-/t26-,30+,32-,33+,34+,35-,36-,40+/m0/s1. The highest BCUT2D eigenvalue weighted by Gasteiger charge is 2.75. The molecule has 0 aromatic heterocycles. The van der Waals surface area contributed by atoms with Crippen molar-refractivity contribution in [2.24, 2.45) is 11.8 Å². The third-order valence-electron chi connectivity index (χ3n) is 10.9. The smallest absolute Gasteiger partial charge is 0.313 e. The minimum atomic E-state index is -1.52. The number of allylic oxidation sites excluding steroid dienone is 1. The number of anilines is 2.